The van der Waals surface area contributed by atoms with E-state index in [2.05, 4.69) is 41.2 Å². The van der Waals surface area contributed by atoms with E-state index in [-0.39, 0.29) is 0 Å². The summed E-state index contributed by atoms with van der Waals surface area (Å²) in [7, 11) is 0. The number of benzene rings is 1. The van der Waals surface area contributed by atoms with Gasteiger partial charge in [-0.15, -0.1) is 0 Å². The summed E-state index contributed by atoms with van der Waals surface area (Å²) in [6.45, 7) is 7.11. The average molecular weight is 340 g/mol. The molecule has 0 bridgehead atoms. The van der Waals surface area contributed by atoms with Crippen LogP contribution < -0.4 is 14.8 Å². The molecule has 0 aromatic heterocycles. The molecule has 1 saturated heterocycles. The van der Waals surface area contributed by atoms with Crippen LogP contribution in [0.3, 0.4) is 0 Å². The van der Waals surface area contributed by atoms with Crippen molar-refractivity contribution < 1.29 is 9.47 Å². The molecule has 20 heavy (non-hydrogen) atoms. The predicted octanol–water partition coefficient (Wildman–Crippen LogP) is 3.84. The van der Waals surface area contributed by atoms with Crippen LogP contribution in [0.2, 0.25) is 0 Å². The lowest BCUT2D eigenvalue weighted by Crippen LogP contribution is -2.31. The first-order chi connectivity index (χ1) is 9.66. The van der Waals surface area contributed by atoms with Gasteiger partial charge in [-0.2, -0.15) is 0 Å². The Morgan fingerprint density at radius 1 is 1.40 bits per heavy atom. The number of rotatable bonds is 3. The Kier molecular flexibility index (Phi) is 4.22. The van der Waals surface area contributed by atoms with Gasteiger partial charge in [0.05, 0.1) is 4.47 Å². The number of halogens is 1. The Morgan fingerprint density at radius 3 is 2.95 bits per heavy atom. The first kappa shape index (κ1) is 14.2. The van der Waals surface area contributed by atoms with E-state index >= 15 is 0 Å². The van der Waals surface area contributed by atoms with E-state index in [1.807, 2.05) is 0 Å². The molecule has 0 aliphatic carbocycles. The van der Waals surface area contributed by atoms with Gasteiger partial charge in [0.15, 0.2) is 11.5 Å². The SMILES string of the molecule is CC(C)c1c(CC2CCCNC2)cc2c(c1Br)OCO2. The fourth-order valence-corrected chi connectivity index (χ4v) is 4.29. The van der Waals surface area contributed by atoms with Crippen LogP contribution in [0.4, 0.5) is 0 Å². The Balaban J connectivity index is 1.94. The lowest BCUT2D eigenvalue weighted by molar-refractivity contribution is 0.173. The molecule has 0 radical (unpaired) electrons. The molecular weight excluding hydrogens is 318 g/mol. The molecule has 1 fully saturated rings. The summed E-state index contributed by atoms with van der Waals surface area (Å²) >= 11 is 3.73. The third kappa shape index (κ3) is 2.68. The van der Waals surface area contributed by atoms with Gasteiger partial charge in [0.1, 0.15) is 0 Å². The van der Waals surface area contributed by atoms with Gasteiger partial charge in [-0.1, -0.05) is 13.8 Å². The van der Waals surface area contributed by atoms with E-state index in [9.17, 15) is 0 Å². The smallest absolute Gasteiger partial charge is 0.231 e. The predicted molar refractivity (Wildman–Crippen MR) is 83.7 cm³/mol. The quantitative estimate of drug-likeness (QED) is 0.907. The van der Waals surface area contributed by atoms with Gasteiger partial charge in [0.25, 0.3) is 0 Å². The Bertz CT molecular complexity index is 496. The molecule has 4 heteroatoms. The zero-order valence-corrected chi connectivity index (χ0v) is 13.8. The average Bonchev–Trinajstić information content (AvgIpc) is 2.88. The van der Waals surface area contributed by atoms with E-state index < -0.39 is 0 Å². The second-order valence-corrected chi connectivity index (χ2v) is 6.86. The van der Waals surface area contributed by atoms with Crippen molar-refractivity contribution in [2.75, 3.05) is 19.9 Å². The maximum absolute atomic E-state index is 5.58. The molecule has 110 valence electrons. The topological polar surface area (TPSA) is 30.5 Å². The van der Waals surface area contributed by atoms with Gasteiger partial charge in [-0.3, -0.25) is 0 Å². The molecule has 2 heterocycles. The van der Waals surface area contributed by atoms with Crippen LogP contribution in [-0.2, 0) is 6.42 Å². The molecule has 1 aromatic carbocycles. The van der Waals surface area contributed by atoms with Crippen LogP contribution in [0, 0.1) is 5.92 Å². The number of hydrogen-bond donors (Lipinski definition) is 1. The number of fused-ring (bicyclic) bond motifs is 1. The second-order valence-electron chi connectivity index (χ2n) is 6.07. The zero-order valence-electron chi connectivity index (χ0n) is 12.2. The molecule has 0 amide bonds. The minimum absolute atomic E-state index is 0.333. The van der Waals surface area contributed by atoms with Crippen LogP contribution in [0.25, 0.3) is 0 Å². The van der Waals surface area contributed by atoms with Crippen LogP contribution in [0.5, 0.6) is 11.5 Å². The summed E-state index contributed by atoms with van der Waals surface area (Å²) in [4.78, 5) is 0. The first-order valence-corrected chi connectivity index (χ1v) is 8.27. The van der Waals surface area contributed by atoms with Crippen molar-refractivity contribution in [1.82, 2.24) is 5.32 Å². The Labute approximate surface area is 129 Å². The molecule has 1 aromatic rings. The van der Waals surface area contributed by atoms with Crippen molar-refractivity contribution in [3.63, 3.8) is 0 Å². The highest BCUT2D eigenvalue weighted by Crippen LogP contribution is 2.45. The molecule has 1 N–H and O–H groups in total. The van der Waals surface area contributed by atoms with E-state index in [1.54, 1.807) is 0 Å². The highest BCUT2D eigenvalue weighted by atomic mass is 79.9. The van der Waals surface area contributed by atoms with Crippen LogP contribution in [0.15, 0.2) is 10.5 Å². The van der Waals surface area contributed by atoms with E-state index in [1.165, 1.54) is 30.5 Å². The molecule has 3 rings (SSSR count). The Hall–Kier alpha value is -0.740. The normalized spacial score (nSPS) is 21.5. The van der Waals surface area contributed by atoms with Crippen LogP contribution >= 0.6 is 15.9 Å². The fourth-order valence-electron chi connectivity index (χ4n) is 3.27. The molecule has 2 aliphatic heterocycles. The van der Waals surface area contributed by atoms with Gasteiger partial charge in [-0.25, -0.2) is 0 Å². The van der Waals surface area contributed by atoms with Crippen molar-refractivity contribution in [3.05, 3.63) is 21.7 Å². The summed E-state index contributed by atoms with van der Waals surface area (Å²) in [5, 5.41) is 3.50. The molecule has 0 spiro atoms. The third-order valence-electron chi connectivity index (χ3n) is 4.21. The van der Waals surface area contributed by atoms with Gasteiger partial charge in [0.2, 0.25) is 6.79 Å². The highest BCUT2D eigenvalue weighted by molar-refractivity contribution is 9.10. The van der Waals surface area contributed by atoms with Crippen molar-refractivity contribution in [2.45, 2.75) is 39.0 Å². The number of piperidine rings is 1. The Morgan fingerprint density at radius 2 is 2.25 bits per heavy atom. The third-order valence-corrected chi connectivity index (χ3v) is 5.00. The maximum atomic E-state index is 5.58. The monoisotopic (exact) mass is 339 g/mol. The summed E-state index contributed by atoms with van der Waals surface area (Å²) in [5.74, 6) is 2.97. The molecule has 0 saturated carbocycles. The van der Waals surface area contributed by atoms with Crippen molar-refractivity contribution in [3.8, 4) is 11.5 Å². The van der Waals surface area contributed by atoms with Gasteiger partial charge in [-0.05, 0) is 77.3 Å². The minimum atomic E-state index is 0.333. The standard InChI is InChI=1S/C16H22BrNO2/c1-10(2)14-12(6-11-4-3-5-18-8-11)7-13-16(15(14)17)20-9-19-13/h7,10-11,18H,3-6,8-9H2,1-2H3. The first-order valence-electron chi connectivity index (χ1n) is 7.48. The molecule has 3 nitrogen and oxygen atoms in total. The zero-order chi connectivity index (χ0) is 14.1. The van der Waals surface area contributed by atoms with Crippen LogP contribution in [0.1, 0.15) is 43.7 Å². The fraction of sp³-hybridized carbons (Fsp3) is 0.625. The summed E-state index contributed by atoms with van der Waals surface area (Å²) < 4.78 is 12.2. The van der Waals surface area contributed by atoms with Crippen molar-refractivity contribution in [2.24, 2.45) is 5.92 Å². The number of hydrogen-bond acceptors (Lipinski definition) is 3. The van der Waals surface area contributed by atoms with Gasteiger partial charge < -0.3 is 14.8 Å². The summed E-state index contributed by atoms with van der Waals surface area (Å²) in [6.07, 6.45) is 3.72. The van der Waals surface area contributed by atoms with Crippen molar-refractivity contribution in [1.29, 1.82) is 0 Å². The lowest BCUT2D eigenvalue weighted by atomic mass is 9.87. The van der Waals surface area contributed by atoms with Crippen LogP contribution in [-0.4, -0.2) is 19.9 Å². The summed E-state index contributed by atoms with van der Waals surface area (Å²) in [6, 6.07) is 2.19. The van der Waals surface area contributed by atoms with Gasteiger partial charge >= 0.3 is 0 Å². The summed E-state index contributed by atoms with van der Waals surface area (Å²) in [5.41, 5.74) is 2.78. The van der Waals surface area contributed by atoms with E-state index in [0.29, 0.717) is 12.7 Å². The highest BCUT2D eigenvalue weighted by Gasteiger charge is 2.25. The largest absolute Gasteiger partial charge is 0.454 e. The lowest BCUT2D eigenvalue weighted by Gasteiger charge is -2.25. The van der Waals surface area contributed by atoms with Crippen molar-refractivity contribution >= 4 is 15.9 Å². The van der Waals surface area contributed by atoms with E-state index in [0.717, 1.165) is 34.9 Å². The van der Waals surface area contributed by atoms with Gasteiger partial charge in [0, 0.05) is 0 Å². The number of ether oxygens (including phenoxy) is 2. The number of nitrogens with one attached hydrogen (secondary N) is 1. The molecular formula is C16H22BrNO2. The molecule has 2 aliphatic rings. The molecule has 1 unspecified atom stereocenters. The second kappa shape index (κ2) is 5.94. The van der Waals surface area contributed by atoms with E-state index in [4.69, 9.17) is 9.47 Å². The molecule has 1 atom stereocenters. The maximum Gasteiger partial charge on any atom is 0.231 e. The minimum Gasteiger partial charge on any atom is -0.454 e.